The fourth-order valence-corrected chi connectivity index (χ4v) is 1.06. The van der Waals surface area contributed by atoms with Crippen molar-refractivity contribution in [1.29, 1.82) is 0 Å². The molecule has 14 heavy (non-hydrogen) atoms. The zero-order chi connectivity index (χ0) is 10.9. The Balaban J connectivity index is 3.41. The fraction of sp³-hybridized carbons (Fsp3) is 0.375. The standard InChI is InChI=1S/C8H11N3O3/c1-4-5(2)8(14)11(3-6(9)12)10-7(4)13/h3H2,1-2H3,(H2,9,12)(H,10,13). The first kappa shape index (κ1) is 10.2. The van der Waals surface area contributed by atoms with Crippen LogP contribution in [0.2, 0.25) is 0 Å². The van der Waals surface area contributed by atoms with Crippen LogP contribution < -0.4 is 16.9 Å². The molecule has 0 fully saturated rings. The van der Waals surface area contributed by atoms with E-state index in [1.807, 2.05) is 0 Å². The monoisotopic (exact) mass is 197 g/mol. The SMILES string of the molecule is Cc1c(C)c(=O)n(CC(N)=O)[nH]c1=O. The number of hydrogen-bond acceptors (Lipinski definition) is 3. The van der Waals surface area contributed by atoms with Gasteiger partial charge >= 0.3 is 0 Å². The summed E-state index contributed by atoms with van der Waals surface area (Å²) >= 11 is 0. The highest BCUT2D eigenvalue weighted by atomic mass is 16.2. The maximum Gasteiger partial charge on any atom is 0.268 e. The second-order valence-corrected chi connectivity index (χ2v) is 3.05. The summed E-state index contributed by atoms with van der Waals surface area (Å²) in [6.45, 7) is 2.77. The molecule has 0 bridgehead atoms. The zero-order valence-electron chi connectivity index (χ0n) is 7.96. The Morgan fingerprint density at radius 1 is 1.36 bits per heavy atom. The lowest BCUT2D eigenvalue weighted by molar-refractivity contribution is -0.118. The maximum absolute atomic E-state index is 11.5. The van der Waals surface area contributed by atoms with Gasteiger partial charge in [-0.2, -0.15) is 0 Å². The van der Waals surface area contributed by atoms with Gasteiger partial charge in [-0.1, -0.05) is 0 Å². The van der Waals surface area contributed by atoms with Gasteiger partial charge in [0.25, 0.3) is 11.1 Å². The molecule has 0 aliphatic rings. The molecule has 1 heterocycles. The third-order valence-electron chi connectivity index (χ3n) is 2.02. The first-order chi connectivity index (χ1) is 6.43. The molecule has 0 radical (unpaired) electrons. The van der Waals surface area contributed by atoms with Gasteiger partial charge in [-0.25, -0.2) is 4.68 Å². The van der Waals surface area contributed by atoms with Crippen molar-refractivity contribution in [2.24, 2.45) is 5.73 Å². The van der Waals surface area contributed by atoms with Crippen LogP contribution in [0.1, 0.15) is 11.1 Å². The first-order valence-corrected chi connectivity index (χ1v) is 4.02. The summed E-state index contributed by atoms with van der Waals surface area (Å²) in [5.41, 5.74) is 4.81. The molecule has 76 valence electrons. The van der Waals surface area contributed by atoms with E-state index in [0.29, 0.717) is 11.1 Å². The Hall–Kier alpha value is -1.85. The number of amides is 1. The highest BCUT2D eigenvalue weighted by molar-refractivity contribution is 5.73. The van der Waals surface area contributed by atoms with Crippen molar-refractivity contribution in [2.45, 2.75) is 20.4 Å². The average molecular weight is 197 g/mol. The van der Waals surface area contributed by atoms with E-state index < -0.39 is 11.5 Å². The summed E-state index contributed by atoms with van der Waals surface area (Å²) in [7, 11) is 0. The van der Waals surface area contributed by atoms with Crippen LogP contribution in [0, 0.1) is 13.8 Å². The number of H-pyrrole nitrogens is 1. The Morgan fingerprint density at radius 3 is 2.43 bits per heavy atom. The molecule has 0 aromatic carbocycles. The highest BCUT2D eigenvalue weighted by Crippen LogP contribution is 1.90. The minimum Gasteiger partial charge on any atom is -0.368 e. The van der Waals surface area contributed by atoms with Gasteiger partial charge in [0.05, 0.1) is 0 Å². The van der Waals surface area contributed by atoms with Crippen molar-refractivity contribution in [3.05, 3.63) is 31.8 Å². The molecule has 1 aromatic heterocycles. The number of rotatable bonds is 2. The molecule has 1 amide bonds. The van der Waals surface area contributed by atoms with Crippen molar-refractivity contribution in [2.75, 3.05) is 0 Å². The summed E-state index contributed by atoms with van der Waals surface area (Å²) < 4.78 is 0.910. The van der Waals surface area contributed by atoms with Crippen molar-refractivity contribution in [3.8, 4) is 0 Å². The average Bonchev–Trinajstić information content (AvgIpc) is 2.10. The van der Waals surface area contributed by atoms with Crippen LogP contribution in [0.3, 0.4) is 0 Å². The van der Waals surface area contributed by atoms with Crippen LogP contribution in [0.5, 0.6) is 0 Å². The molecule has 1 aromatic rings. The summed E-state index contributed by atoms with van der Waals surface area (Å²) in [5, 5.41) is 2.26. The quantitative estimate of drug-likeness (QED) is 0.612. The van der Waals surface area contributed by atoms with Crippen LogP contribution in [0.25, 0.3) is 0 Å². The number of carbonyl (C=O) groups excluding carboxylic acids is 1. The summed E-state index contributed by atoms with van der Waals surface area (Å²) in [5.74, 6) is -0.675. The Labute approximate surface area is 79.3 Å². The van der Waals surface area contributed by atoms with Gasteiger partial charge in [0.1, 0.15) is 6.54 Å². The number of nitrogens with one attached hydrogen (secondary N) is 1. The van der Waals surface area contributed by atoms with Gasteiger partial charge in [-0.05, 0) is 13.8 Å². The first-order valence-electron chi connectivity index (χ1n) is 4.02. The Kier molecular flexibility index (Phi) is 2.55. The molecule has 6 heteroatoms. The number of aromatic amines is 1. The van der Waals surface area contributed by atoms with Crippen LogP contribution in [0.15, 0.2) is 9.59 Å². The Bertz CT molecular complexity index is 484. The minimum atomic E-state index is -0.675. The maximum atomic E-state index is 11.5. The molecule has 3 N–H and O–H groups in total. The van der Waals surface area contributed by atoms with Gasteiger partial charge < -0.3 is 5.73 Å². The van der Waals surface area contributed by atoms with E-state index in [4.69, 9.17) is 5.73 Å². The normalized spacial score (nSPS) is 10.1. The van der Waals surface area contributed by atoms with Gasteiger partial charge in [-0.15, -0.1) is 0 Å². The molecule has 0 spiro atoms. The molecule has 0 aliphatic carbocycles. The molecule has 0 aliphatic heterocycles. The van der Waals surface area contributed by atoms with E-state index in [-0.39, 0.29) is 12.1 Å². The predicted octanol–water partition coefficient (Wildman–Crippen LogP) is -1.36. The largest absolute Gasteiger partial charge is 0.368 e. The molecule has 0 atom stereocenters. The molecule has 1 rings (SSSR count). The predicted molar refractivity (Wildman–Crippen MR) is 50.0 cm³/mol. The van der Waals surface area contributed by atoms with Crippen LogP contribution in [0.4, 0.5) is 0 Å². The highest BCUT2D eigenvalue weighted by Gasteiger charge is 2.08. The van der Waals surface area contributed by atoms with Crippen LogP contribution in [-0.2, 0) is 11.3 Å². The summed E-state index contributed by atoms with van der Waals surface area (Å²) in [6, 6.07) is 0. The number of aromatic nitrogens is 2. The Morgan fingerprint density at radius 2 is 1.93 bits per heavy atom. The molecular formula is C8H11N3O3. The van der Waals surface area contributed by atoms with E-state index in [0.717, 1.165) is 4.68 Å². The second-order valence-electron chi connectivity index (χ2n) is 3.05. The number of nitrogens with two attached hydrogens (primary N) is 1. The number of carbonyl (C=O) groups is 1. The molecule has 0 saturated carbocycles. The molecule has 0 saturated heterocycles. The van der Waals surface area contributed by atoms with E-state index >= 15 is 0 Å². The van der Waals surface area contributed by atoms with E-state index in [1.165, 1.54) is 6.92 Å². The van der Waals surface area contributed by atoms with Crippen molar-refractivity contribution >= 4 is 5.91 Å². The number of primary amides is 1. The molecule has 0 unspecified atom stereocenters. The zero-order valence-corrected chi connectivity index (χ0v) is 7.96. The molecular weight excluding hydrogens is 186 g/mol. The van der Waals surface area contributed by atoms with Gasteiger partial charge in [0.15, 0.2) is 0 Å². The lowest BCUT2D eigenvalue weighted by Crippen LogP contribution is -2.36. The van der Waals surface area contributed by atoms with Gasteiger partial charge in [0, 0.05) is 11.1 Å². The van der Waals surface area contributed by atoms with Gasteiger partial charge in [-0.3, -0.25) is 19.5 Å². The smallest absolute Gasteiger partial charge is 0.268 e. The van der Waals surface area contributed by atoms with E-state index in [1.54, 1.807) is 6.92 Å². The summed E-state index contributed by atoms with van der Waals surface area (Å²) in [4.78, 5) is 33.3. The lowest BCUT2D eigenvalue weighted by Gasteiger charge is -2.05. The van der Waals surface area contributed by atoms with Crippen LogP contribution in [-0.4, -0.2) is 15.7 Å². The second kappa shape index (κ2) is 3.49. The third-order valence-corrected chi connectivity index (χ3v) is 2.02. The number of nitrogens with zero attached hydrogens (tertiary/aromatic N) is 1. The summed E-state index contributed by atoms with van der Waals surface area (Å²) in [6.07, 6.45) is 0. The fourth-order valence-electron chi connectivity index (χ4n) is 1.06. The van der Waals surface area contributed by atoms with E-state index in [9.17, 15) is 14.4 Å². The lowest BCUT2D eigenvalue weighted by atomic mass is 10.2. The molecule has 6 nitrogen and oxygen atoms in total. The van der Waals surface area contributed by atoms with E-state index in [2.05, 4.69) is 5.10 Å². The van der Waals surface area contributed by atoms with Crippen molar-refractivity contribution in [1.82, 2.24) is 9.78 Å². The van der Waals surface area contributed by atoms with Gasteiger partial charge in [0.2, 0.25) is 5.91 Å². The number of hydrogen-bond donors (Lipinski definition) is 2. The van der Waals surface area contributed by atoms with Crippen molar-refractivity contribution < 1.29 is 4.79 Å². The minimum absolute atomic E-state index is 0.310. The third kappa shape index (κ3) is 1.73. The topological polar surface area (TPSA) is 97.9 Å². The van der Waals surface area contributed by atoms with Crippen LogP contribution >= 0.6 is 0 Å². The van der Waals surface area contributed by atoms with Crippen molar-refractivity contribution in [3.63, 3.8) is 0 Å².